The van der Waals surface area contributed by atoms with Crippen LogP contribution in [-0.2, 0) is 0 Å². The Bertz CT molecular complexity index is 1410. The molecule has 3 N–H and O–H groups in total. The molecule has 180 valence electrons. The van der Waals surface area contributed by atoms with Gasteiger partial charge in [-0.1, -0.05) is 78.9 Å². The van der Waals surface area contributed by atoms with Crippen molar-refractivity contribution in [2.24, 2.45) is 0 Å². The van der Waals surface area contributed by atoms with E-state index in [0.717, 1.165) is 21.4 Å². The summed E-state index contributed by atoms with van der Waals surface area (Å²) in [5.41, 5.74) is 7.76. The maximum absolute atomic E-state index is 13.7. The van der Waals surface area contributed by atoms with Crippen molar-refractivity contribution in [3.8, 4) is 0 Å². The maximum atomic E-state index is 13.7. The van der Waals surface area contributed by atoms with Gasteiger partial charge in [0.25, 0.3) is 11.7 Å². The van der Waals surface area contributed by atoms with Crippen LogP contribution in [0.15, 0.2) is 151 Å². The molecule has 0 saturated heterocycles. The van der Waals surface area contributed by atoms with E-state index < -0.39 is 7.26 Å². The van der Waals surface area contributed by atoms with Crippen LogP contribution in [-0.4, -0.2) is 5.91 Å². The highest BCUT2D eigenvalue weighted by atomic mass is 31.2. The fourth-order valence-corrected chi connectivity index (χ4v) is 8.67. The largest absolute Gasteiger partial charge is 0.289 e. The van der Waals surface area contributed by atoms with Gasteiger partial charge in [-0.3, -0.25) is 15.8 Å². The first-order valence-corrected chi connectivity index (χ1v) is 13.9. The minimum atomic E-state index is -2.57. The number of hydrogen-bond acceptors (Lipinski definition) is 2. The van der Waals surface area contributed by atoms with E-state index in [-0.39, 0.29) is 5.91 Å². The highest BCUT2D eigenvalue weighted by Gasteiger charge is 2.51. The number of anilines is 1. The quantitative estimate of drug-likeness (QED) is 0.250. The predicted molar refractivity (Wildman–Crippen MR) is 154 cm³/mol. The summed E-state index contributed by atoms with van der Waals surface area (Å²) in [6, 6.07) is 46.2. The summed E-state index contributed by atoms with van der Waals surface area (Å²) in [5, 5.41) is 6.72. The number of benzene rings is 4. The minimum absolute atomic E-state index is 0.172. The zero-order valence-corrected chi connectivity index (χ0v) is 21.2. The molecule has 0 unspecified atom stereocenters. The molecule has 0 aliphatic rings. The Labute approximate surface area is 218 Å². The molecule has 1 amide bonds. The fraction of sp³-hybridized carbons (Fsp3) is 0. The van der Waals surface area contributed by atoms with Crippen molar-refractivity contribution in [1.82, 2.24) is 5.32 Å². The van der Waals surface area contributed by atoms with Gasteiger partial charge in [0.1, 0.15) is 15.9 Å². The van der Waals surface area contributed by atoms with Crippen LogP contribution in [0.4, 0.5) is 5.82 Å². The van der Waals surface area contributed by atoms with Crippen molar-refractivity contribution < 1.29 is 9.36 Å². The molecule has 5 rings (SSSR count). The molecule has 0 saturated carbocycles. The molecule has 0 fully saturated rings. The first-order chi connectivity index (χ1) is 18.2. The van der Waals surface area contributed by atoms with Crippen LogP contribution in [0.25, 0.3) is 6.20 Å². The number of rotatable bonds is 7. The Kier molecular flexibility index (Phi) is 7.21. The van der Waals surface area contributed by atoms with Gasteiger partial charge in [-0.2, -0.15) is 0 Å². The molecule has 4 aromatic carbocycles. The van der Waals surface area contributed by atoms with Gasteiger partial charge in [0.05, 0.1) is 6.20 Å². The molecule has 37 heavy (non-hydrogen) atoms. The summed E-state index contributed by atoms with van der Waals surface area (Å²) in [6.45, 7) is 0. The van der Waals surface area contributed by atoms with Gasteiger partial charge in [0.15, 0.2) is 13.5 Å². The van der Waals surface area contributed by atoms with E-state index in [1.54, 1.807) is 0 Å². The molecular formula is C32H28N3OP+2. The average molecular weight is 502 g/mol. The molecule has 0 aliphatic carbocycles. The van der Waals surface area contributed by atoms with Gasteiger partial charge >= 0.3 is 0 Å². The van der Waals surface area contributed by atoms with Crippen LogP contribution < -0.4 is 31.5 Å². The fourth-order valence-electron chi connectivity index (χ4n) is 4.52. The van der Waals surface area contributed by atoms with Gasteiger partial charge in [-0.15, -0.1) is 0 Å². The van der Waals surface area contributed by atoms with Crippen LogP contribution in [0.3, 0.4) is 0 Å². The zero-order valence-electron chi connectivity index (χ0n) is 20.3. The van der Waals surface area contributed by atoms with Crippen molar-refractivity contribution in [1.29, 1.82) is 0 Å². The first-order valence-electron chi connectivity index (χ1n) is 12.1. The van der Waals surface area contributed by atoms with E-state index in [0.29, 0.717) is 11.4 Å². The third-order valence-corrected chi connectivity index (χ3v) is 10.4. The second-order valence-electron chi connectivity index (χ2n) is 8.54. The number of carbonyl (C=O) groups excluding carboxylic acids is 1. The molecular weight excluding hydrogens is 473 g/mol. The molecule has 4 nitrogen and oxygen atoms in total. The van der Waals surface area contributed by atoms with E-state index in [9.17, 15) is 4.79 Å². The van der Waals surface area contributed by atoms with Gasteiger partial charge in [0, 0.05) is 11.6 Å². The highest BCUT2D eigenvalue weighted by molar-refractivity contribution is 7.99. The lowest BCUT2D eigenvalue weighted by Crippen LogP contribution is -2.41. The van der Waals surface area contributed by atoms with E-state index in [4.69, 9.17) is 5.73 Å². The Hall–Kier alpha value is -4.53. The number of aromatic nitrogens is 1. The van der Waals surface area contributed by atoms with Crippen LogP contribution >= 0.6 is 7.26 Å². The van der Waals surface area contributed by atoms with Gasteiger partial charge in [-0.25, -0.2) is 4.57 Å². The second-order valence-corrected chi connectivity index (χ2v) is 11.9. The number of hydrogen-bond donors (Lipinski definition) is 2. The van der Waals surface area contributed by atoms with E-state index >= 15 is 0 Å². The third kappa shape index (κ3) is 4.93. The number of carbonyl (C=O) groups is 1. The minimum Gasteiger partial charge on any atom is -0.289 e. The van der Waals surface area contributed by atoms with Gasteiger partial charge < -0.3 is 0 Å². The summed E-state index contributed by atoms with van der Waals surface area (Å²) >= 11 is 0. The second kappa shape index (κ2) is 11.0. The monoisotopic (exact) mass is 501 g/mol. The number of nitrogens with one attached hydrogen (secondary N) is 1. The molecule has 0 aliphatic heterocycles. The zero-order chi connectivity index (χ0) is 25.5. The summed E-state index contributed by atoms with van der Waals surface area (Å²) in [7, 11) is -2.57. The van der Waals surface area contributed by atoms with Gasteiger partial charge in [0.2, 0.25) is 5.44 Å². The molecule has 0 atom stereocenters. The summed E-state index contributed by atoms with van der Waals surface area (Å²) < 4.78 is 1.87. The molecule has 5 heteroatoms. The number of pyridine rings is 1. The average Bonchev–Trinajstić information content (AvgIpc) is 2.97. The standard InChI is InChI=1S/C32H26N3OP/c33-30-23-13-14-24-35(30)25-31(34-32(36)26-15-5-1-6-16-26)37(27-17-7-2-8-18-27,28-19-9-3-10-20-28)29-21-11-4-12-22-29/h1-25,33H/p+2. The molecule has 1 heterocycles. The van der Waals surface area contributed by atoms with Crippen molar-refractivity contribution in [3.05, 3.63) is 157 Å². The summed E-state index contributed by atoms with van der Waals surface area (Å²) in [6.07, 6.45) is 3.87. The van der Waals surface area contributed by atoms with Crippen LogP contribution in [0, 0.1) is 0 Å². The van der Waals surface area contributed by atoms with E-state index in [1.165, 1.54) is 0 Å². The lowest BCUT2D eigenvalue weighted by atomic mass is 10.2. The summed E-state index contributed by atoms with van der Waals surface area (Å²) in [5.74, 6) is 0.398. The lowest BCUT2D eigenvalue weighted by molar-refractivity contribution is -0.552. The smallest absolute Gasteiger partial charge is 0.277 e. The molecule has 5 aromatic rings. The van der Waals surface area contributed by atoms with Crippen LogP contribution in [0.2, 0.25) is 0 Å². The Morgan fingerprint density at radius 2 is 1.05 bits per heavy atom. The first kappa shape index (κ1) is 24.2. The predicted octanol–water partition coefficient (Wildman–Crippen LogP) is 4.74. The molecule has 0 spiro atoms. The lowest BCUT2D eigenvalue weighted by Gasteiger charge is -2.29. The van der Waals surface area contributed by atoms with E-state index in [2.05, 4.69) is 78.1 Å². The Morgan fingerprint density at radius 3 is 1.51 bits per heavy atom. The topological polar surface area (TPSA) is 59.0 Å². The third-order valence-electron chi connectivity index (χ3n) is 6.25. The van der Waals surface area contributed by atoms with Crippen LogP contribution in [0.1, 0.15) is 10.4 Å². The van der Waals surface area contributed by atoms with Crippen molar-refractivity contribution in [2.45, 2.75) is 0 Å². The Balaban J connectivity index is 1.85. The van der Waals surface area contributed by atoms with Crippen molar-refractivity contribution in [2.75, 3.05) is 5.73 Å². The normalized spacial score (nSPS) is 11.6. The van der Waals surface area contributed by atoms with Crippen LogP contribution in [0.5, 0.6) is 0 Å². The number of nitrogens with two attached hydrogens (primary N) is 1. The SMILES string of the molecule is Nc1cccc[n+]1C=C(NC(=O)c1ccccc1)[P+](c1ccccc1)(c1ccccc1)c1ccccc1. The van der Waals surface area contributed by atoms with Crippen molar-refractivity contribution in [3.63, 3.8) is 0 Å². The molecule has 0 radical (unpaired) electrons. The van der Waals surface area contributed by atoms with Crippen molar-refractivity contribution >= 4 is 41.1 Å². The molecule has 1 aromatic heterocycles. The Morgan fingerprint density at radius 1 is 0.622 bits per heavy atom. The summed E-state index contributed by atoms with van der Waals surface area (Å²) in [4.78, 5) is 13.7. The van der Waals surface area contributed by atoms with Gasteiger partial charge in [-0.05, 0) is 54.6 Å². The molecule has 0 bridgehead atoms. The number of amides is 1. The van der Waals surface area contributed by atoms with E-state index in [1.807, 2.05) is 83.7 Å². The number of nitrogen functional groups attached to an aromatic ring is 1. The number of nitrogens with zero attached hydrogens (tertiary/aromatic N) is 1. The maximum Gasteiger partial charge on any atom is 0.277 e. The highest BCUT2D eigenvalue weighted by Crippen LogP contribution is 2.61.